The Morgan fingerprint density at radius 3 is 2.53 bits per heavy atom. The largest absolute Gasteiger partial charge is 0.478 e. The summed E-state index contributed by atoms with van der Waals surface area (Å²) in [5.41, 5.74) is 2.37. The Morgan fingerprint density at radius 1 is 1.21 bits per heavy atom. The fourth-order valence-electron chi connectivity index (χ4n) is 1.85. The van der Waals surface area contributed by atoms with Crippen molar-refractivity contribution >= 4 is 0 Å². The molecule has 0 aliphatic heterocycles. The lowest BCUT2D eigenvalue weighted by atomic mass is 9.91. The summed E-state index contributed by atoms with van der Waals surface area (Å²) in [6.45, 7) is 10.3. The van der Waals surface area contributed by atoms with E-state index in [1.165, 1.54) is 18.4 Å². The number of nitrogens with one attached hydrogen (secondary N) is 1. The zero-order chi connectivity index (χ0) is 14.3. The van der Waals surface area contributed by atoms with E-state index in [0.717, 1.165) is 31.1 Å². The van der Waals surface area contributed by atoms with Gasteiger partial charge >= 0.3 is 0 Å². The zero-order valence-electron chi connectivity index (χ0n) is 13.0. The van der Waals surface area contributed by atoms with E-state index >= 15 is 0 Å². The third-order valence-electron chi connectivity index (χ3n) is 3.01. The number of unbranched alkanes of at least 4 members (excludes halogenated alkanes) is 2. The van der Waals surface area contributed by atoms with Gasteiger partial charge in [-0.3, -0.25) is 0 Å². The Kier molecular flexibility index (Phi) is 6.29. The van der Waals surface area contributed by atoms with Crippen molar-refractivity contribution in [3.8, 4) is 5.88 Å². The van der Waals surface area contributed by atoms with Gasteiger partial charge in [-0.15, -0.1) is 0 Å². The van der Waals surface area contributed by atoms with Gasteiger partial charge in [0.15, 0.2) is 0 Å². The van der Waals surface area contributed by atoms with Gasteiger partial charge in [0.05, 0.1) is 12.3 Å². The summed E-state index contributed by atoms with van der Waals surface area (Å²) < 4.78 is 5.79. The summed E-state index contributed by atoms with van der Waals surface area (Å²) in [5.74, 6) is 0.758. The minimum atomic E-state index is 0.0469. The third kappa shape index (κ3) is 5.60. The second-order valence-electron chi connectivity index (χ2n) is 6.03. The number of rotatable bonds is 7. The molecule has 19 heavy (non-hydrogen) atoms. The van der Waals surface area contributed by atoms with Crippen molar-refractivity contribution < 1.29 is 4.74 Å². The van der Waals surface area contributed by atoms with Crippen molar-refractivity contribution in [1.29, 1.82) is 0 Å². The van der Waals surface area contributed by atoms with E-state index in [1.807, 2.05) is 13.1 Å². The van der Waals surface area contributed by atoms with Crippen LogP contribution >= 0.6 is 0 Å². The maximum Gasteiger partial charge on any atom is 0.213 e. The highest BCUT2D eigenvalue weighted by Gasteiger charge is 2.17. The molecule has 3 heteroatoms. The predicted molar refractivity (Wildman–Crippen MR) is 80.7 cm³/mol. The van der Waals surface area contributed by atoms with Crippen LogP contribution in [-0.4, -0.2) is 18.6 Å². The molecule has 0 spiro atoms. The molecule has 1 heterocycles. The van der Waals surface area contributed by atoms with Crippen LogP contribution in [0.3, 0.4) is 0 Å². The molecule has 1 rings (SSSR count). The van der Waals surface area contributed by atoms with Crippen LogP contribution in [0.25, 0.3) is 0 Å². The number of hydrogen-bond acceptors (Lipinski definition) is 3. The highest BCUT2D eigenvalue weighted by atomic mass is 16.5. The summed E-state index contributed by atoms with van der Waals surface area (Å²) >= 11 is 0. The molecule has 0 bridgehead atoms. The molecular formula is C16H28N2O. The van der Waals surface area contributed by atoms with Gasteiger partial charge in [0.1, 0.15) is 0 Å². The molecule has 0 atom stereocenters. The fraction of sp³-hybridized carbons (Fsp3) is 0.688. The first-order valence-electron chi connectivity index (χ1n) is 7.26. The van der Waals surface area contributed by atoms with Gasteiger partial charge in [-0.25, -0.2) is 4.98 Å². The van der Waals surface area contributed by atoms with Crippen LogP contribution in [-0.2, 0) is 12.0 Å². The molecule has 0 aliphatic rings. The van der Waals surface area contributed by atoms with Crippen molar-refractivity contribution in [3.63, 3.8) is 0 Å². The molecule has 0 aromatic carbocycles. The van der Waals surface area contributed by atoms with Gasteiger partial charge in [-0.05, 0) is 25.1 Å². The fourth-order valence-corrected chi connectivity index (χ4v) is 1.85. The molecule has 0 saturated heterocycles. The Hall–Kier alpha value is -1.09. The first kappa shape index (κ1) is 16.0. The Labute approximate surface area is 117 Å². The normalized spacial score (nSPS) is 11.6. The van der Waals surface area contributed by atoms with E-state index in [9.17, 15) is 0 Å². The van der Waals surface area contributed by atoms with Crippen molar-refractivity contribution in [2.45, 2.75) is 58.9 Å². The maximum absolute atomic E-state index is 5.79. The summed E-state index contributed by atoms with van der Waals surface area (Å²) in [7, 11) is 1.96. The van der Waals surface area contributed by atoms with Crippen LogP contribution in [0.4, 0.5) is 0 Å². The lowest BCUT2D eigenvalue weighted by Gasteiger charge is -2.20. The van der Waals surface area contributed by atoms with Crippen LogP contribution in [0.5, 0.6) is 5.88 Å². The summed E-state index contributed by atoms with van der Waals surface area (Å²) in [6.07, 6.45) is 3.52. The molecular weight excluding hydrogens is 236 g/mol. The van der Waals surface area contributed by atoms with E-state index in [4.69, 9.17) is 4.74 Å². The van der Waals surface area contributed by atoms with E-state index < -0.39 is 0 Å². The highest BCUT2D eigenvalue weighted by molar-refractivity contribution is 5.28. The topological polar surface area (TPSA) is 34.1 Å². The van der Waals surface area contributed by atoms with Crippen LogP contribution in [0, 0.1) is 0 Å². The van der Waals surface area contributed by atoms with Gasteiger partial charge in [0.25, 0.3) is 0 Å². The quantitative estimate of drug-likeness (QED) is 0.763. The van der Waals surface area contributed by atoms with Crippen molar-refractivity contribution in [1.82, 2.24) is 10.3 Å². The number of nitrogens with zero attached hydrogens (tertiary/aromatic N) is 1. The molecule has 0 saturated carbocycles. The van der Waals surface area contributed by atoms with Crippen LogP contribution in [0.1, 0.15) is 58.2 Å². The van der Waals surface area contributed by atoms with E-state index in [2.05, 4.69) is 44.1 Å². The first-order valence-corrected chi connectivity index (χ1v) is 7.26. The van der Waals surface area contributed by atoms with E-state index in [0.29, 0.717) is 0 Å². The molecule has 1 N–H and O–H groups in total. The maximum atomic E-state index is 5.79. The van der Waals surface area contributed by atoms with E-state index in [-0.39, 0.29) is 5.41 Å². The molecule has 108 valence electrons. The summed E-state index contributed by atoms with van der Waals surface area (Å²) in [5, 5.41) is 3.18. The van der Waals surface area contributed by atoms with Gasteiger partial charge in [-0.2, -0.15) is 0 Å². The first-order chi connectivity index (χ1) is 8.97. The molecule has 0 amide bonds. The smallest absolute Gasteiger partial charge is 0.213 e. The Balaban J connectivity index is 2.81. The third-order valence-corrected chi connectivity index (χ3v) is 3.01. The Morgan fingerprint density at radius 2 is 1.95 bits per heavy atom. The highest BCUT2D eigenvalue weighted by Crippen LogP contribution is 2.24. The number of hydrogen-bond donors (Lipinski definition) is 1. The second-order valence-corrected chi connectivity index (χ2v) is 6.03. The Bertz CT molecular complexity index is 383. The van der Waals surface area contributed by atoms with Crippen molar-refractivity contribution in [2.75, 3.05) is 13.7 Å². The van der Waals surface area contributed by atoms with Crippen molar-refractivity contribution in [2.24, 2.45) is 0 Å². The van der Waals surface area contributed by atoms with Crippen LogP contribution in [0.2, 0.25) is 0 Å². The molecule has 0 radical (unpaired) electrons. The predicted octanol–water partition coefficient (Wildman–Crippen LogP) is 3.67. The molecule has 3 nitrogen and oxygen atoms in total. The molecule has 1 aromatic rings. The molecule has 0 unspecified atom stereocenters. The van der Waals surface area contributed by atoms with Gasteiger partial charge in [0.2, 0.25) is 5.88 Å². The van der Waals surface area contributed by atoms with Gasteiger partial charge < -0.3 is 10.1 Å². The number of pyridine rings is 1. The van der Waals surface area contributed by atoms with Crippen LogP contribution in [0.15, 0.2) is 12.1 Å². The van der Waals surface area contributed by atoms with Crippen LogP contribution < -0.4 is 10.1 Å². The number of ether oxygens (including phenoxy) is 1. The minimum absolute atomic E-state index is 0.0469. The average molecular weight is 264 g/mol. The SMILES string of the molecule is CCCCCOc1cc(CNC)cc(C(C)(C)C)n1. The monoisotopic (exact) mass is 264 g/mol. The lowest BCUT2D eigenvalue weighted by molar-refractivity contribution is 0.292. The van der Waals surface area contributed by atoms with E-state index in [1.54, 1.807) is 0 Å². The zero-order valence-corrected chi connectivity index (χ0v) is 13.0. The average Bonchev–Trinajstić information content (AvgIpc) is 2.34. The summed E-state index contributed by atoms with van der Waals surface area (Å²) in [6, 6.07) is 4.20. The minimum Gasteiger partial charge on any atom is -0.478 e. The second kappa shape index (κ2) is 7.49. The molecule has 0 aliphatic carbocycles. The molecule has 1 aromatic heterocycles. The number of aromatic nitrogens is 1. The van der Waals surface area contributed by atoms with Crippen molar-refractivity contribution in [3.05, 3.63) is 23.4 Å². The molecule has 0 fully saturated rings. The summed E-state index contributed by atoms with van der Waals surface area (Å²) in [4.78, 5) is 4.63. The van der Waals surface area contributed by atoms with Gasteiger partial charge in [-0.1, -0.05) is 40.5 Å². The standard InChI is InChI=1S/C16H28N2O/c1-6-7-8-9-19-15-11-13(12-17-5)10-14(18-15)16(2,3)4/h10-11,17H,6-9,12H2,1-5H3. The lowest BCUT2D eigenvalue weighted by Crippen LogP contribution is -2.16. The van der Waals surface area contributed by atoms with Gasteiger partial charge in [0, 0.05) is 18.0 Å².